The molecule has 0 radical (unpaired) electrons. The minimum Gasteiger partial charge on any atom is -0.379 e. The van der Waals surface area contributed by atoms with E-state index in [9.17, 15) is 0 Å². The van der Waals surface area contributed by atoms with Crippen molar-refractivity contribution < 1.29 is 4.74 Å². The van der Waals surface area contributed by atoms with E-state index in [0.717, 1.165) is 56.5 Å². The lowest BCUT2D eigenvalue weighted by atomic mass is 10.2. The van der Waals surface area contributed by atoms with E-state index in [4.69, 9.17) is 10.6 Å². The Morgan fingerprint density at radius 3 is 2.57 bits per heavy atom. The van der Waals surface area contributed by atoms with Gasteiger partial charge in [0, 0.05) is 37.7 Å². The van der Waals surface area contributed by atoms with Crippen molar-refractivity contribution in [2.24, 2.45) is 5.84 Å². The van der Waals surface area contributed by atoms with Crippen molar-refractivity contribution in [3.8, 4) is 0 Å². The Morgan fingerprint density at radius 1 is 1.29 bits per heavy atom. The van der Waals surface area contributed by atoms with Gasteiger partial charge in [0.1, 0.15) is 17.5 Å². The fourth-order valence-electron chi connectivity index (χ4n) is 2.45. The van der Waals surface area contributed by atoms with Crippen LogP contribution in [0.1, 0.15) is 25.2 Å². The summed E-state index contributed by atoms with van der Waals surface area (Å²) >= 11 is 0. The molecule has 0 aliphatic carbocycles. The highest BCUT2D eigenvalue weighted by atomic mass is 16.5. The maximum atomic E-state index is 5.53. The van der Waals surface area contributed by atoms with Crippen molar-refractivity contribution in [3.63, 3.8) is 0 Å². The summed E-state index contributed by atoms with van der Waals surface area (Å²) < 4.78 is 5.37. The smallest absolute Gasteiger partial charge is 0.148 e. The van der Waals surface area contributed by atoms with Crippen molar-refractivity contribution in [1.82, 2.24) is 14.9 Å². The van der Waals surface area contributed by atoms with Crippen molar-refractivity contribution in [2.45, 2.75) is 33.2 Å². The first-order valence-electron chi connectivity index (χ1n) is 7.54. The molecule has 0 spiro atoms. The van der Waals surface area contributed by atoms with Gasteiger partial charge in [-0.15, -0.1) is 0 Å². The first-order valence-corrected chi connectivity index (χ1v) is 7.54. The maximum Gasteiger partial charge on any atom is 0.148 e. The van der Waals surface area contributed by atoms with Crippen LogP contribution in [0, 0.1) is 6.92 Å². The summed E-state index contributed by atoms with van der Waals surface area (Å²) in [5, 5.41) is 3.48. The lowest BCUT2D eigenvalue weighted by molar-refractivity contribution is 0.0368. The van der Waals surface area contributed by atoms with Crippen LogP contribution in [0.2, 0.25) is 0 Å². The van der Waals surface area contributed by atoms with Crippen molar-refractivity contribution in [2.75, 3.05) is 43.6 Å². The number of rotatable bonds is 6. The van der Waals surface area contributed by atoms with Crippen molar-refractivity contribution >= 4 is 11.6 Å². The minimum atomic E-state index is 0.298. The Labute approximate surface area is 126 Å². The summed E-state index contributed by atoms with van der Waals surface area (Å²) in [6.45, 7) is 10.8. The third kappa shape index (κ3) is 4.26. The number of ether oxygens (including phenoxy) is 1. The molecule has 4 N–H and O–H groups in total. The van der Waals surface area contributed by atoms with Gasteiger partial charge in [0.25, 0.3) is 0 Å². The van der Waals surface area contributed by atoms with Gasteiger partial charge < -0.3 is 15.5 Å². The molecule has 7 nitrogen and oxygen atoms in total. The quantitative estimate of drug-likeness (QED) is 0.527. The topological polar surface area (TPSA) is 88.3 Å². The van der Waals surface area contributed by atoms with E-state index in [-0.39, 0.29) is 0 Å². The molecule has 2 heterocycles. The van der Waals surface area contributed by atoms with Gasteiger partial charge in [0.15, 0.2) is 0 Å². The summed E-state index contributed by atoms with van der Waals surface area (Å²) in [5.74, 6) is 7.86. The summed E-state index contributed by atoms with van der Waals surface area (Å²) in [6.07, 6.45) is 0.779. The molecule has 2 rings (SSSR count). The van der Waals surface area contributed by atoms with E-state index >= 15 is 0 Å². The third-order valence-corrected chi connectivity index (χ3v) is 3.66. The number of hydrogen-bond donors (Lipinski definition) is 3. The number of nitrogens with one attached hydrogen (secondary N) is 2. The van der Waals surface area contributed by atoms with E-state index < -0.39 is 0 Å². The molecule has 0 aromatic carbocycles. The average molecular weight is 294 g/mol. The minimum absolute atomic E-state index is 0.298. The Kier molecular flexibility index (Phi) is 5.72. The van der Waals surface area contributed by atoms with Gasteiger partial charge in [-0.2, -0.15) is 0 Å². The first kappa shape index (κ1) is 15.9. The van der Waals surface area contributed by atoms with Crippen molar-refractivity contribution in [3.05, 3.63) is 11.4 Å². The number of anilines is 2. The van der Waals surface area contributed by atoms with Crippen LogP contribution < -0.4 is 16.6 Å². The van der Waals surface area contributed by atoms with Crippen LogP contribution in [0.4, 0.5) is 11.6 Å². The standard InChI is InChI=1S/C14H26N6O/c1-4-12-17-13(11(3)14(18-12)19-15)16-10(2)9-20-5-7-21-8-6-20/h10H,4-9,15H2,1-3H3,(H2,16,17,18,19). The SMILES string of the molecule is CCc1nc(NN)c(C)c(NC(C)CN2CCOCC2)n1. The predicted molar refractivity (Wildman–Crippen MR) is 84.3 cm³/mol. The lowest BCUT2D eigenvalue weighted by Gasteiger charge is -2.29. The Balaban J connectivity index is 2.03. The van der Waals surface area contributed by atoms with Gasteiger partial charge in [-0.3, -0.25) is 4.90 Å². The highest BCUT2D eigenvalue weighted by Crippen LogP contribution is 2.20. The van der Waals surface area contributed by atoms with Gasteiger partial charge in [0.2, 0.25) is 0 Å². The molecule has 0 saturated carbocycles. The normalized spacial score (nSPS) is 17.5. The van der Waals surface area contributed by atoms with E-state index in [0.29, 0.717) is 11.9 Å². The largest absolute Gasteiger partial charge is 0.379 e. The molecule has 0 amide bonds. The Morgan fingerprint density at radius 2 is 1.95 bits per heavy atom. The number of nitrogens with two attached hydrogens (primary N) is 1. The number of aryl methyl sites for hydroxylation is 1. The third-order valence-electron chi connectivity index (χ3n) is 3.66. The number of nitrogens with zero attached hydrogens (tertiary/aromatic N) is 3. The molecular weight excluding hydrogens is 268 g/mol. The number of morpholine rings is 1. The molecule has 1 aromatic heterocycles. The molecule has 1 atom stereocenters. The van der Waals surface area contributed by atoms with Crippen molar-refractivity contribution in [1.29, 1.82) is 0 Å². The molecule has 1 aliphatic rings. The van der Waals surface area contributed by atoms with Gasteiger partial charge in [-0.05, 0) is 13.8 Å². The zero-order valence-electron chi connectivity index (χ0n) is 13.1. The van der Waals surface area contributed by atoms with E-state index in [1.54, 1.807) is 0 Å². The first-order chi connectivity index (χ1) is 10.1. The summed E-state index contributed by atoms with van der Waals surface area (Å²) in [5.41, 5.74) is 3.59. The average Bonchev–Trinajstić information content (AvgIpc) is 2.50. The maximum absolute atomic E-state index is 5.53. The second kappa shape index (κ2) is 7.53. The lowest BCUT2D eigenvalue weighted by Crippen LogP contribution is -2.42. The zero-order chi connectivity index (χ0) is 15.2. The molecule has 118 valence electrons. The second-order valence-corrected chi connectivity index (χ2v) is 5.42. The number of nitrogen functional groups attached to an aromatic ring is 1. The van der Waals surface area contributed by atoms with Crippen LogP contribution in [0.25, 0.3) is 0 Å². The predicted octanol–water partition coefficient (Wildman–Crippen LogP) is 0.766. The van der Waals surface area contributed by atoms with Crippen LogP contribution in [-0.2, 0) is 11.2 Å². The fourth-order valence-corrected chi connectivity index (χ4v) is 2.45. The van der Waals surface area contributed by atoms with Crippen LogP contribution in [0.3, 0.4) is 0 Å². The molecule has 1 unspecified atom stereocenters. The fraction of sp³-hybridized carbons (Fsp3) is 0.714. The monoisotopic (exact) mass is 294 g/mol. The van der Waals surface area contributed by atoms with E-state index in [1.807, 2.05) is 13.8 Å². The van der Waals surface area contributed by atoms with E-state index in [1.165, 1.54) is 0 Å². The Bertz CT molecular complexity index is 461. The molecule has 1 fully saturated rings. The van der Waals surface area contributed by atoms with Crippen LogP contribution in [0.15, 0.2) is 0 Å². The second-order valence-electron chi connectivity index (χ2n) is 5.42. The highest BCUT2D eigenvalue weighted by molar-refractivity contribution is 5.57. The van der Waals surface area contributed by atoms with Gasteiger partial charge in [-0.25, -0.2) is 15.8 Å². The summed E-state index contributed by atoms with van der Waals surface area (Å²) in [7, 11) is 0. The Hall–Kier alpha value is -1.44. The summed E-state index contributed by atoms with van der Waals surface area (Å²) in [4.78, 5) is 11.4. The molecule has 1 aliphatic heterocycles. The molecule has 7 heteroatoms. The van der Waals surface area contributed by atoms with Gasteiger partial charge in [-0.1, -0.05) is 6.92 Å². The molecule has 21 heavy (non-hydrogen) atoms. The summed E-state index contributed by atoms with van der Waals surface area (Å²) in [6, 6.07) is 0.298. The number of aromatic nitrogens is 2. The van der Waals surface area contributed by atoms with Crippen LogP contribution >= 0.6 is 0 Å². The highest BCUT2D eigenvalue weighted by Gasteiger charge is 2.16. The van der Waals surface area contributed by atoms with Gasteiger partial charge >= 0.3 is 0 Å². The molecule has 0 bridgehead atoms. The molecule has 1 aromatic rings. The van der Waals surface area contributed by atoms with Crippen LogP contribution in [-0.4, -0.2) is 53.8 Å². The molecular formula is C14H26N6O. The van der Waals surface area contributed by atoms with Gasteiger partial charge in [0.05, 0.1) is 13.2 Å². The number of hydrazine groups is 1. The van der Waals surface area contributed by atoms with Crippen LogP contribution in [0.5, 0.6) is 0 Å². The number of hydrogen-bond acceptors (Lipinski definition) is 7. The zero-order valence-corrected chi connectivity index (χ0v) is 13.1. The molecule has 1 saturated heterocycles. The van der Waals surface area contributed by atoms with E-state index in [2.05, 4.69) is 32.5 Å².